The zero-order chi connectivity index (χ0) is 29.7. The number of hydrogen-bond acceptors (Lipinski definition) is 5. The zero-order valence-electron chi connectivity index (χ0n) is 20.5. The third-order valence-electron chi connectivity index (χ3n) is 6.71. The molecule has 0 unspecified atom stereocenters. The number of rotatable bonds is 6. The minimum Gasteiger partial charge on any atom is -0.352 e. The fourth-order valence-corrected chi connectivity index (χ4v) is 7.30. The van der Waals surface area contributed by atoms with E-state index < -0.39 is 87.5 Å². The number of hydrogen-bond donors (Lipinski definition) is 1. The van der Waals surface area contributed by atoms with E-state index in [2.05, 4.69) is 5.32 Å². The Morgan fingerprint density at radius 1 is 0.821 bits per heavy atom. The molecule has 0 atom stereocenters. The van der Waals surface area contributed by atoms with E-state index in [0.717, 1.165) is 38.1 Å². The first-order valence-electron chi connectivity index (χ1n) is 11.5. The van der Waals surface area contributed by atoms with Gasteiger partial charge in [-0.25, -0.2) is 21.2 Å². The van der Waals surface area contributed by atoms with E-state index >= 15 is 4.39 Å². The van der Waals surface area contributed by atoms with Crippen LogP contribution < -0.4 is 5.32 Å². The Balaban J connectivity index is 1.75. The van der Waals surface area contributed by atoms with Crippen LogP contribution in [0.4, 0.5) is 30.7 Å². The average Bonchev–Trinajstić information content (AvgIpc) is 2.84. The van der Waals surface area contributed by atoms with Crippen molar-refractivity contribution >= 4 is 25.6 Å². The molecule has 0 aromatic heterocycles. The minimum absolute atomic E-state index is 0.292. The van der Waals surface area contributed by atoms with Crippen molar-refractivity contribution in [1.82, 2.24) is 5.32 Å². The number of carbonyl (C=O) groups excluding carboxylic acids is 1. The number of nitrogens with one attached hydrogen (secondary N) is 1. The van der Waals surface area contributed by atoms with Crippen molar-refractivity contribution < 1.29 is 52.4 Å². The molecule has 0 heterocycles. The largest absolute Gasteiger partial charge is 0.416 e. The summed E-state index contributed by atoms with van der Waals surface area (Å²) in [5, 5.41) is -0.545. The molecule has 39 heavy (non-hydrogen) atoms. The molecule has 6 nitrogen and oxygen atoms in total. The van der Waals surface area contributed by atoms with Crippen LogP contribution >= 0.6 is 0 Å². The van der Waals surface area contributed by atoms with Crippen LogP contribution in [-0.4, -0.2) is 38.5 Å². The second-order valence-electron chi connectivity index (χ2n) is 9.70. The van der Waals surface area contributed by atoms with Crippen LogP contribution in [0, 0.1) is 0 Å². The Morgan fingerprint density at radius 3 is 1.72 bits per heavy atom. The van der Waals surface area contributed by atoms with Crippen LogP contribution in [0.2, 0.25) is 0 Å². The van der Waals surface area contributed by atoms with Crippen molar-refractivity contribution in [3.8, 4) is 0 Å². The van der Waals surface area contributed by atoms with Gasteiger partial charge >= 0.3 is 12.4 Å². The first-order valence-corrected chi connectivity index (χ1v) is 14.4. The molecule has 216 valence electrons. The van der Waals surface area contributed by atoms with Crippen molar-refractivity contribution in [3.63, 3.8) is 0 Å². The first kappa shape index (κ1) is 30.9. The highest BCUT2D eigenvalue weighted by Crippen LogP contribution is 2.42. The number of benzene rings is 2. The van der Waals surface area contributed by atoms with Gasteiger partial charge in [0.2, 0.25) is 20.7 Å². The van der Waals surface area contributed by atoms with Crippen LogP contribution in [0.5, 0.6) is 0 Å². The van der Waals surface area contributed by atoms with E-state index in [9.17, 15) is 48.0 Å². The van der Waals surface area contributed by atoms with Crippen LogP contribution in [0.25, 0.3) is 0 Å². The average molecular weight is 604 g/mol. The predicted molar refractivity (Wildman–Crippen MR) is 126 cm³/mol. The van der Waals surface area contributed by atoms with Crippen molar-refractivity contribution in [2.75, 3.05) is 0 Å². The summed E-state index contributed by atoms with van der Waals surface area (Å²) < 4.78 is 143. The Kier molecular flexibility index (Phi) is 7.96. The second kappa shape index (κ2) is 10.1. The van der Waals surface area contributed by atoms with Gasteiger partial charge in [0.1, 0.15) is 4.75 Å². The van der Waals surface area contributed by atoms with Gasteiger partial charge in [0.05, 0.1) is 20.9 Å². The molecule has 1 fully saturated rings. The van der Waals surface area contributed by atoms with E-state index in [1.165, 1.54) is 0 Å². The minimum atomic E-state index is -4.87. The highest BCUT2D eigenvalue weighted by molar-refractivity contribution is 7.93. The van der Waals surface area contributed by atoms with Crippen LogP contribution in [0.15, 0.2) is 58.3 Å². The van der Waals surface area contributed by atoms with Gasteiger partial charge in [0, 0.05) is 6.04 Å². The van der Waals surface area contributed by atoms with Gasteiger partial charge in [-0.05, 0) is 75.9 Å². The quantitative estimate of drug-likeness (QED) is 0.442. The highest BCUT2D eigenvalue weighted by Gasteiger charge is 2.50. The molecule has 1 N–H and O–H groups in total. The summed E-state index contributed by atoms with van der Waals surface area (Å²) in [6.07, 6.45) is -11.7. The van der Waals surface area contributed by atoms with Gasteiger partial charge in [-0.2, -0.15) is 26.3 Å². The maximum Gasteiger partial charge on any atom is 0.416 e. The van der Waals surface area contributed by atoms with E-state index in [0.29, 0.717) is 24.3 Å². The molecule has 0 saturated heterocycles. The first-order chi connectivity index (χ1) is 17.6. The standard InChI is InChI=1S/C24H24F7NO5S2/c1-21(2,38(34,35)18-7-3-5-15(13-18)23(26,27)28)20(33)32-17-9-11-22(25,12-10-17)39(36,37)19-8-4-6-16(14-19)24(29,30)31/h3-8,13-14,17H,9-12H2,1-2H3,(H,32,33)/t17-,22+. The molecule has 0 radical (unpaired) electrons. The molecular weight excluding hydrogens is 579 g/mol. The lowest BCUT2D eigenvalue weighted by molar-refractivity contribution is -0.138. The van der Waals surface area contributed by atoms with Gasteiger partial charge in [-0.1, -0.05) is 12.1 Å². The Labute approximate surface area is 220 Å². The normalized spacial score (nSPS) is 21.4. The molecular formula is C24H24F7NO5S2. The number of sulfone groups is 2. The smallest absolute Gasteiger partial charge is 0.352 e. The lowest BCUT2D eigenvalue weighted by Gasteiger charge is -2.35. The lowest BCUT2D eigenvalue weighted by atomic mass is 9.93. The van der Waals surface area contributed by atoms with Crippen molar-refractivity contribution in [2.24, 2.45) is 0 Å². The summed E-state index contributed by atoms with van der Waals surface area (Å²) in [6.45, 7) is 1.97. The molecule has 3 rings (SSSR count). The van der Waals surface area contributed by atoms with Crippen molar-refractivity contribution in [1.29, 1.82) is 0 Å². The van der Waals surface area contributed by atoms with E-state index in [4.69, 9.17) is 0 Å². The number of alkyl halides is 7. The number of carbonyl (C=O) groups is 1. The molecule has 1 saturated carbocycles. The van der Waals surface area contributed by atoms with Gasteiger partial charge in [0.15, 0.2) is 9.84 Å². The summed E-state index contributed by atoms with van der Waals surface area (Å²) in [7, 11) is -9.51. The van der Waals surface area contributed by atoms with E-state index in [-0.39, 0.29) is 12.8 Å². The van der Waals surface area contributed by atoms with Crippen LogP contribution in [-0.2, 0) is 36.8 Å². The Hall–Kier alpha value is -2.68. The molecule has 2 aromatic rings. The van der Waals surface area contributed by atoms with Gasteiger partial charge in [0.25, 0.3) is 0 Å². The van der Waals surface area contributed by atoms with Crippen molar-refractivity contribution in [3.05, 3.63) is 59.7 Å². The van der Waals surface area contributed by atoms with E-state index in [1.807, 2.05) is 0 Å². The third-order valence-corrected chi connectivity index (χ3v) is 11.4. The van der Waals surface area contributed by atoms with Gasteiger partial charge in [-0.15, -0.1) is 0 Å². The fraction of sp³-hybridized carbons (Fsp3) is 0.458. The van der Waals surface area contributed by atoms with Crippen LogP contribution in [0.3, 0.4) is 0 Å². The van der Waals surface area contributed by atoms with Gasteiger partial charge < -0.3 is 5.32 Å². The Bertz CT molecular complexity index is 1460. The number of amides is 1. The lowest BCUT2D eigenvalue weighted by Crippen LogP contribution is -2.53. The maximum atomic E-state index is 15.6. The topological polar surface area (TPSA) is 97.4 Å². The maximum absolute atomic E-state index is 15.6. The van der Waals surface area contributed by atoms with Crippen molar-refractivity contribution in [2.45, 2.75) is 77.5 Å². The molecule has 1 amide bonds. The molecule has 2 aromatic carbocycles. The fourth-order valence-electron chi connectivity index (χ4n) is 4.13. The van der Waals surface area contributed by atoms with Crippen LogP contribution in [0.1, 0.15) is 50.7 Å². The molecule has 1 aliphatic carbocycles. The summed E-state index contributed by atoms with van der Waals surface area (Å²) >= 11 is 0. The third kappa shape index (κ3) is 5.93. The summed E-state index contributed by atoms with van der Waals surface area (Å²) in [6, 6.07) is 4.66. The zero-order valence-corrected chi connectivity index (χ0v) is 22.2. The monoisotopic (exact) mass is 603 g/mol. The molecule has 1 aliphatic rings. The highest BCUT2D eigenvalue weighted by atomic mass is 32.2. The SMILES string of the molecule is CC(C)(C(=O)N[C@H]1CC[C@@](F)(S(=O)(=O)c2cccc(C(F)(F)F)c2)CC1)S(=O)(=O)c1cccc(C(F)(F)F)c1. The molecule has 0 spiro atoms. The summed E-state index contributed by atoms with van der Waals surface area (Å²) in [5.74, 6) is -1.10. The van der Waals surface area contributed by atoms with E-state index in [1.54, 1.807) is 0 Å². The molecule has 0 bridgehead atoms. The number of halogens is 7. The Morgan fingerprint density at radius 2 is 1.26 bits per heavy atom. The van der Waals surface area contributed by atoms with Gasteiger partial charge in [-0.3, -0.25) is 4.79 Å². The molecule has 15 heteroatoms. The predicted octanol–water partition coefficient (Wildman–Crippen LogP) is 5.48. The summed E-state index contributed by atoms with van der Waals surface area (Å²) in [5.41, 5.74) is -2.49. The second-order valence-corrected chi connectivity index (χ2v) is 14.4. The molecule has 0 aliphatic heterocycles. The summed E-state index contributed by atoms with van der Waals surface area (Å²) in [4.78, 5) is 11.3.